The zero-order valence-corrected chi connectivity index (χ0v) is 18.7. The minimum Gasteiger partial charge on any atom is -0.325 e. The van der Waals surface area contributed by atoms with Crippen LogP contribution in [0.3, 0.4) is 0 Å². The van der Waals surface area contributed by atoms with Crippen molar-refractivity contribution in [1.29, 1.82) is 0 Å². The second kappa shape index (κ2) is 8.49. The second-order valence-electron chi connectivity index (χ2n) is 7.25. The molecule has 2 aromatic carbocycles. The van der Waals surface area contributed by atoms with Crippen LogP contribution in [0.4, 0.5) is 5.69 Å². The summed E-state index contributed by atoms with van der Waals surface area (Å²) in [5.41, 5.74) is 3.92. The van der Waals surface area contributed by atoms with Crippen molar-refractivity contribution in [2.45, 2.75) is 13.5 Å². The number of nitrogens with zero attached hydrogens (tertiary/aromatic N) is 3. The third kappa shape index (κ3) is 4.10. The van der Waals surface area contributed by atoms with Gasteiger partial charge < -0.3 is 5.32 Å². The maximum atomic E-state index is 12.9. The Hall–Kier alpha value is -3.62. The molecule has 0 radical (unpaired) electrons. The van der Waals surface area contributed by atoms with E-state index in [2.05, 4.69) is 15.3 Å². The molecule has 0 aliphatic rings. The Morgan fingerprint density at radius 2 is 1.88 bits per heavy atom. The maximum absolute atomic E-state index is 12.9. The molecule has 1 amide bonds. The minimum absolute atomic E-state index is 0.111. The monoisotopic (exact) mass is 458 g/mol. The van der Waals surface area contributed by atoms with Crippen molar-refractivity contribution in [3.8, 4) is 21.7 Å². The molecule has 3 aromatic heterocycles. The Balaban J connectivity index is 1.36. The normalized spacial score (nSPS) is 11.0. The first-order chi connectivity index (χ1) is 15.6. The molecule has 0 saturated carbocycles. The predicted octanol–water partition coefficient (Wildman–Crippen LogP) is 5.20. The van der Waals surface area contributed by atoms with E-state index in [-0.39, 0.29) is 18.0 Å². The smallest absolute Gasteiger partial charge is 0.271 e. The van der Waals surface area contributed by atoms with E-state index in [0.29, 0.717) is 15.9 Å². The van der Waals surface area contributed by atoms with Crippen molar-refractivity contribution < 1.29 is 4.79 Å². The van der Waals surface area contributed by atoms with E-state index < -0.39 is 0 Å². The summed E-state index contributed by atoms with van der Waals surface area (Å²) < 4.78 is 1.89. The number of rotatable bonds is 5. The van der Waals surface area contributed by atoms with E-state index in [4.69, 9.17) is 0 Å². The lowest BCUT2D eigenvalue weighted by Gasteiger charge is -2.08. The van der Waals surface area contributed by atoms with E-state index in [1.165, 1.54) is 22.2 Å². The molecule has 158 valence electrons. The number of aryl methyl sites for hydroxylation is 1. The van der Waals surface area contributed by atoms with Crippen molar-refractivity contribution in [2.24, 2.45) is 0 Å². The highest BCUT2D eigenvalue weighted by Gasteiger charge is 2.13. The van der Waals surface area contributed by atoms with Gasteiger partial charge in [0.2, 0.25) is 5.91 Å². The third-order valence-electron chi connectivity index (χ3n) is 4.94. The summed E-state index contributed by atoms with van der Waals surface area (Å²) in [7, 11) is 0. The topological polar surface area (TPSA) is 76.9 Å². The highest BCUT2D eigenvalue weighted by molar-refractivity contribution is 7.22. The molecule has 8 heteroatoms. The van der Waals surface area contributed by atoms with Crippen molar-refractivity contribution in [3.05, 3.63) is 87.7 Å². The Morgan fingerprint density at radius 3 is 2.66 bits per heavy atom. The summed E-state index contributed by atoms with van der Waals surface area (Å²) in [6.45, 7) is 1.85. The summed E-state index contributed by atoms with van der Waals surface area (Å²) in [5.74, 6) is -0.292. The van der Waals surface area contributed by atoms with E-state index >= 15 is 0 Å². The number of anilines is 1. The van der Waals surface area contributed by atoms with Gasteiger partial charge in [-0.15, -0.1) is 22.7 Å². The molecule has 5 rings (SSSR count). The summed E-state index contributed by atoms with van der Waals surface area (Å²) in [6.07, 6.45) is 1.43. The number of carbonyl (C=O) groups is 1. The largest absolute Gasteiger partial charge is 0.325 e. The number of amides is 1. The van der Waals surface area contributed by atoms with Gasteiger partial charge in [-0.1, -0.05) is 42.5 Å². The number of nitrogens with one attached hydrogen (secondary N) is 1. The van der Waals surface area contributed by atoms with Gasteiger partial charge in [0.1, 0.15) is 11.2 Å². The van der Waals surface area contributed by atoms with Gasteiger partial charge in [0.15, 0.2) is 0 Å². The minimum atomic E-state index is -0.292. The second-order valence-corrected chi connectivity index (χ2v) is 9.36. The number of thiophene rings is 1. The highest BCUT2D eigenvalue weighted by atomic mass is 32.1. The standard InChI is InChI=1S/C24H18N4O2S2/c1-15-26-20(13-31-15)17-8-5-9-18(10-17)27-22(29)12-28-14-25-19-11-21(32-23(19)24(28)30)16-6-3-2-4-7-16/h2-11,13-14H,12H2,1H3,(H,27,29). The molecule has 0 atom stereocenters. The molecule has 5 aromatic rings. The summed E-state index contributed by atoms with van der Waals surface area (Å²) in [4.78, 5) is 35.4. The first-order valence-corrected chi connectivity index (χ1v) is 11.6. The zero-order chi connectivity index (χ0) is 22.1. The lowest BCUT2D eigenvalue weighted by molar-refractivity contribution is -0.116. The fraction of sp³-hybridized carbons (Fsp3) is 0.0833. The molecular weight excluding hydrogens is 440 g/mol. The van der Waals surface area contributed by atoms with Crippen LogP contribution in [0.1, 0.15) is 5.01 Å². The molecule has 0 spiro atoms. The van der Waals surface area contributed by atoms with Crippen LogP contribution in [0.5, 0.6) is 0 Å². The van der Waals surface area contributed by atoms with Gasteiger partial charge in [-0.25, -0.2) is 9.97 Å². The third-order valence-corrected chi connectivity index (χ3v) is 6.87. The molecule has 0 saturated heterocycles. The van der Waals surface area contributed by atoms with Crippen LogP contribution in [0.25, 0.3) is 31.9 Å². The fourth-order valence-corrected chi connectivity index (χ4v) is 5.10. The number of thiazole rings is 1. The molecule has 6 nitrogen and oxygen atoms in total. The van der Waals surface area contributed by atoms with E-state index in [1.807, 2.05) is 73.0 Å². The number of carbonyl (C=O) groups excluding carboxylic acids is 1. The van der Waals surface area contributed by atoms with Crippen LogP contribution < -0.4 is 10.9 Å². The molecule has 0 unspecified atom stereocenters. The van der Waals surface area contributed by atoms with Crippen LogP contribution >= 0.6 is 22.7 Å². The van der Waals surface area contributed by atoms with Gasteiger partial charge in [-0.2, -0.15) is 0 Å². The Morgan fingerprint density at radius 1 is 1.06 bits per heavy atom. The summed E-state index contributed by atoms with van der Waals surface area (Å²) in [6, 6.07) is 19.3. The lowest BCUT2D eigenvalue weighted by atomic mass is 10.1. The van der Waals surface area contributed by atoms with E-state index in [0.717, 1.165) is 26.7 Å². The molecule has 0 fully saturated rings. The van der Waals surface area contributed by atoms with Crippen molar-refractivity contribution in [2.75, 3.05) is 5.32 Å². The summed E-state index contributed by atoms with van der Waals surface area (Å²) >= 11 is 2.97. The fourth-order valence-electron chi connectivity index (χ4n) is 3.41. The molecule has 0 aliphatic heterocycles. The summed E-state index contributed by atoms with van der Waals surface area (Å²) in [5, 5.41) is 5.84. The predicted molar refractivity (Wildman–Crippen MR) is 130 cm³/mol. The van der Waals surface area contributed by atoms with Crippen molar-refractivity contribution in [1.82, 2.24) is 14.5 Å². The van der Waals surface area contributed by atoms with Gasteiger partial charge >= 0.3 is 0 Å². The SMILES string of the molecule is Cc1nc(-c2cccc(NC(=O)Cn3cnc4cc(-c5ccccc5)sc4c3=O)c2)cs1. The van der Waals surface area contributed by atoms with Crippen LogP contribution in [0.15, 0.2) is 77.2 Å². The Kier molecular flexibility index (Phi) is 5.38. The zero-order valence-electron chi connectivity index (χ0n) is 17.1. The molecular formula is C24H18N4O2S2. The lowest BCUT2D eigenvalue weighted by Crippen LogP contribution is -2.27. The number of benzene rings is 2. The maximum Gasteiger partial charge on any atom is 0.271 e. The van der Waals surface area contributed by atoms with Crippen LogP contribution in [0.2, 0.25) is 0 Å². The van der Waals surface area contributed by atoms with Gasteiger partial charge in [0.05, 0.1) is 22.5 Å². The van der Waals surface area contributed by atoms with Crippen LogP contribution in [-0.2, 0) is 11.3 Å². The number of hydrogen-bond acceptors (Lipinski definition) is 6. The first-order valence-electron chi connectivity index (χ1n) is 9.94. The van der Waals surface area contributed by atoms with Gasteiger partial charge in [-0.05, 0) is 30.7 Å². The van der Waals surface area contributed by atoms with Gasteiger partial charge in [0.25, 0.3) is 5.56 Å². The van der Waals surface area contributed by atoms with Gasteiger partial charge in [-0.3, -0.25) is 14.2 Å². The number of hydrogen-bond donors (Lipinski definition) is 1. The quantitative estimate of drug-likeness (QED) is 0.393. The van der Waals surface area contributed by atoms with Crippen molar-refractivity contribution in [3.63, 3.8) is 0 Å². The van der Waals surface area contributed by atoms with E-state index in [9.17, 15) is 9.59 Å². The Labute approximate surface area is 191 Å². The molecule has 3 heterocycles. The molecule has 0 aliphatic carbocycles. The Bertz CT molecular complexity index is 1480. The van der Waals surface area contributed by atoms with Crippen LogP contribution in [-0.4, -0.2) is 20.4 Å². The van der Waals surface area contributed by atoms with Crippen LogP contribution in [0, 0.1) is 6.92 Å². The first kappa shape index (κ1) is 20.3. The van der Waals surface area contributed by atoms with Gasteiger partial charge in [0, 0.05) is 21.5 Å². The average molecular weight is 459 g/mol. The average Bonchev–Trinajstić information content (AvgIpc) is 3.43. The molecule has 1 N–H and O–H groups in total. The highest BCUT2D eigenvalue weighted by Crippen LogP contribution is 2.30. The number of fused-ring (bicyclic) bond motifs is 1. The number of aromatic nitrogens is 3. The van der Waals surface area contributed by atoms with Crippen molar-refractivity contribution >= 4 is 44.5 Å². The molecule has 0 bridgehead atoms. The molecule has 32 heavy (non-hydrogen) atoms. The van der Waals surface area contributed by atoms with E-state index in [1.54, 1.807) is 11.3 Å².